The second kappa shape index (κ2) is 7.00. The van der Waals surface area contributed by atoms with Crippen LogP contribution in [-0.2, 0) is 14.6 Å². The minimum absolute atomic E-state index is 0.296. The van der Waals surface area contributed by atoms with Gasteiger partial charge in [0, 0.05) is 51.5 Å². The number of fused-ring (bicyclic) bond motifs is 1. The first-order chi connectivity index (χ1) is 11.5. The molecule has 0 spiro atoms. The van der Waals surface area contributed by atoms with Crippen LogP contribution in [0.1, 0.15) is 0 Å². The molecule has 2 aromatic rings. The van der Waals surface area contributed by atoms with Gasteiger partial charge in [0.15, 0.2) is 9.84 Å². The topological polar surface area (TPSA) is 75.6 Å². The van der Waals surface area contributed by atoms with Crippen molar-refractivity contribution in [3.8, 4) is 0 Å². The van der Waals surface area contributed by atoms with Crippen LogP contribution in [0.15, 0.2) is 29.4 Å². The third kappa shape index (κ3) is 3.66. The van der Waals surface area contributed by atoms with Crippen molar-refractivity contribution in [2.24, 2.45) is 0 Å². The molecule has 1 aromatic carbocycles. The van der Waals surface area contributed by atoms with Crippen LogP contribution in [0.5, 0.6) is 0 Å². The Balaban J connectivity index is 1.87. The average molecular weight is 350 g/mol. The number of methoxy groups -OCH3 is 1. The van der Waals surface area contributed by atoms with E-state index in [1.807, 2.05) is 0 Å². The maximum absolute atomic E-state index is 11.8. The van der Waals surface area contributed by atoms with Crippen molar-refractivity contribution in [2.75, 3.05) is 57.6 Å². The van der Waals surface area contributed by atoms with E-state index in [2.05, 4.69) is 19.8 Å². The molecule has 3 rings (SSSR count). The second-order valence-electron chi connectivity index (χ2n) is 5.97. The number of hydrogen-bond acceptors (Lipinski definition) is 7. The Morgan fingerprint density at radius 2 is 1.92 bits per heavy atom. The summed E-state index contributed by atoms with van der Waals surface area (Å²) >= 11 is 0. The highest BCUT2D eigenvalue weighted by atomic mass is 32.2. The number of anilines is 1. The van der Waals surface area contributed by atoms with Crippen molar-refractivity contribution in [2.45, 2.75) is 4.90 Å². The number of hydrogen-bond donors (Lipinski definition) is 0. The summed E-state index contributed by atoms with van der Waals surface area (Å²) in [6.07, 6.45) is 2.75. The predicted molar refractivity (Wildman–Crippen MR) is 93.2 cm³/mol. The van der Waals surface area contributed by atoms with Gasteiger partial charge in [0.25, 0.3) is 0 Å². The molecule has 0 aliphatic carbocycles. The normalized spacial score (nSPS) is 16.7. The Morgan fingerprint density at radius 1 is 1.17 bits per heavy atom. The number of sulfone groups is 1. The molecule has 1 aromatic heterocycles. The summed E-state index contributed by atoms with van der Waals surface area (Å²) in [6, 6.07) is 5.01. The van der Waals surface area contributed by atoms with Gasteiger partial charge in [-0.2, -0.15) is 0 Å². The summed E-state index contributed by atoms with van der Waals surface area (Å²) in [6.45, 7) is 5.21. The number of aromatic nitrogens is 2. The van der Waals surface area contributed by atoms with Gasteiger partial charge in [-0.05, 0) is 18.2 Å². The molecule has 0 N–H and O–H groups in total. The molecular formula is C16H22N4O3S. The minimum Gasteiger partial charge on any atom is -0.383 e. The zero-order valence-electron chi connectivity index (χ0n) is 14.0. The van der Waals surface area contributed by atoms with E-state index in [-0.39, 0.29) is 0 Å². The van der Waals surface area contributed by atoms with Crippen LogP contribution in [0, 0.1) is 0 Å². The van der Waals surface area contributed by atoms with E-state index in [0.29, 0.717) is 4.90 Å². The van der Waals surface area contributed by atoms with Crippen molar-refractivity contribution < 1.29 is 13.2 Å². The van der Waals surface area contributed by atoms with Gasteiger partial charge in [-0.25, -0.2) is 18.4 Å². The molecule has 1 aliphatic rings. The smallest absolute Gasteiger partial charge is 0.175 e. The number of ether oxygens (including phenoxy) is 1. The molecule has 0 radical (unpaired) electrons. The third-order valence-corrected chi connectivity index (χ3v) is 5.41. The first kappa shape index (κ1) is 17.1. The van der Waals surface area contributed by atoms with E-state index < -0.39 is 9.84 Å². The summed E-state index contributed by atoms with van der Waals surface area (Å²) < 4.78 is 28.8. The predicted octanol–water partition coefficient (Wildman–Crippen LogP) is 0.802. The van der Waals surface area contributed by atoms with Crippen LogP contribution >= 0.6 is 0 Å². The molecule has 2 heterocycles. The van der Waals surface area contributed by atoms with E-state index in [4.69, 9.17) is 4.74 Å². The largest absolute Gasteiger partial charge is 0.383 e. The minimum atomic E-state index is -3.26. The molecule has 130 valence electrons. The van der Waals surface area contributed by atoms with E-state index in [9.17, 15) is 8.42 Å². The number of piperazine rings is 1. The molecule has 8 heteroatoms. The zero-order valence-corrected chi connectivity index (χ0v) is 14.8. The van der Waals surface area contributed by atoms with Crippen molar-refractivity contribution in [1.82, 2.24) is 14.9 Å². The van der Waals surface area contributed by atoms with Gasteiger partial charge in [0.2, 0.25) is 0 Å². The Bertz CT molecular complexity index is 817. The molecule has 0 bridgehead atoms. The van der Waals surface area contributed by atoms with Crippen LogP contribution in [0.4, 0.5) is 5.82 Å². The lowest BCUT2D eigenvalue weighted by Crippen LogP contribution is -2.47. The second-order valence-corrected chi connectivity index (χ2v) is 7.99. The molecule has 7 nitrogen and oxygen atoms in total. The summed E-state index contributed by atoms with van der Waals surface area (Å²) in [5.74, 6) is 0.803. The van der Waals surface area contributed by atoms with Crippen LogP contribution in [-0.4, -0.2) is 76.0 Å². The van der Waals surface area contributed by atoms with Crippen molar-refractivity contribution in [1.29, 1.82) is 0 Å². The molecule has 0 unspecified atom stereocenters. The van der Waals surface area contributed by atoms with Gasteiger partial charge in [0.1, 0.15) is 12.1 Å². The molecule has 0 saturated carbocycles. The number of nitrogens with zero attached hydrogens (tertiary/aromatic N) is 4. The van der Waals surface area contributed by atoms with Crippen molar-refractivity contribution >= 4 is 26.6 Å². The van der Waals surface area contributed by atoms with Gasteiger partial charge in [-0.1, -0.05) is 0 Å². The molecule has 1 fully saturated rings. The van der Waals surface area contributed by atoms with E-state index >= 15 is 0 Å². The van der Waals surface area contributed by atoms with Crippen LogP contribution in [0.2, 0.25) is 0 Å². The molecule has 0 amide bonds. The fraction of sp³-hybridized carbons (Fsp3) is 0.500. The highest BCUT2D eigenvalue weighted by Crippen LogP contribution is 2.26. The summed E-state index contributed by atoms with van der Waals surface area (Å²) in [7, 11) is -1.55. The van der Waals surface area contributed by atoms with Crippen molar-refractivity contribution in [3.05, 3.63) is 24.5 Å². The highest BCUT2D eigenvalue weighted by Gasteiger charge is 2.20. The standard InChI is InChI=1S/C16H22N4O3S/c1-23-10-9-19-5-7-20(8-6-19)16-14-11-13(24(2,21)22)3-4-15(14)17-12-18-16/h3-4,11-12H,5-10H2,1-2H3. The van der Waals surface area contributed by atoms with Crippen LogP contribution in [0.3, 0.4) is 0 Å². The van der Waals surface area contributed by atoms with Gasteiger partial charge < -0.3 is 9.64 Å². The van der Waals surface area contributed by atoms with Crippen molar-refractivity contribution in [3.63, 3.8) is 0 Å². The fourth-order valence-electron chi connectivity index (χ4n) is 2.91. The quantitative estimate of drug-likeness (QED) is 0.789. The lowest BCUT2D eigenvalue weighted by Gasteiger charge is -2.35. The highest BCUT2D eigenvalue weighted by molar-refractivity contribution is 7.90. The Labute approximate surface area is 142 Å². The maximum Gasteiger partial charge on any atom is 0.175 e. The first-order valence-corrected chi connectivity index (χ1v) is 9.79. The van der Waals surface area contributed by atoms with Gasteiger partial charge >= 0.3 is 0 Å². The summed E-state index contributed by atoms with van der Waals surface area (Å²) in [5.41, 5.74) is 0.759. The average Bonchev–Trinajstić information content (AvgIpc) is 2.58. The SMILES string of the molecule is COCCN1CCN(c2ncnc3ccc(S(C)(=O)=O)cc23)CC1. The Morgan fingerprint density at radius 3 is 2.58 bits per heavy atom. The lowest BCUT2D eigenvalue weighted by molar-refractivity contribution is 0.144. The third-order valence-electron chi connectivity index (χ3n) is 4.30. The molecular weight excluding hydrogens is 328 g/mol. The molecule has 1 saturated heterocycles. The molecule has 24 heavy (non-hydrogen) atoms. The Hall–Kier alpha value is -1.77. The zero-order chi connectivity index (χ0) is 17.2. The summed E-state index contributed by atoms with van der Waals surface area (Å²) in [4.78, 5) is 13.5. The fourth-order valence-corrected chi connectivity index (χ4v) is 3.56. The van der Waals surface area contributed by atoms with Crippen LogP contribution < -0.4 is 4.90 Å². The lowest BCUT2D eigenvalue weighted by atomic mass is 10.2. The number of benzene rings is 1. The summed E-state index contributed by atoms with van der Waals surface area (Å²) in [5, 5.41) is 0.783. The monoisotopic (exact) mass is 350 g/mol. The maximum atomic E-state index is 11.8. The first-order valence-electron chi connectivity index (χ1n) is 7.90. The Kier molecular flexibility index (Phi) is 4.98. The van der Waals surface area contributed by atoms with E-state index in [1.54, 1.807) is 25.3 Å². The van der Waals surface area contributed by atoms with Crippen LogP contribution in [0.25, 0.3) is 10.9 Å². The molecule has 0 atom stereocenters. The van der Waals surface area contributed by atoms with Gasteiger partial charge in [-0.3, -0.25) is 4.90 Å². The van der Waals surface area contributed by atoms with Gasteiger partial charge in [0.05, 0.1) is 17.0 Å². The van der Waals surface area contributed by atoms with Gasteiger partial charge in [-0.15, -0.1) is 0 Å². The molecule has 1 aliphatic heterocycles. The van der Waals surface area contributed by atoms with E-state index in [1.165, 1.54) is 12.6 Å². The van der Waals surface area contributed by atoms with E-state index in [0.717, 1.165) is 56.1 Å². The number of rotatable bonds is 5.